The molecule has 0 saturated heterocycles. The molecule has 20 heavy (non-hydrogen) atoms. The first kappa shape index (κ1) is 13.8. The molecule has 3 nitrogen and oxygen atoms in total. The number of hydrogen-bond acceptors (Lipinski definition) is 3. The van der Waals surface area contributed by atoms with Crippen LogP contribution in [0.15, 0.2) is 29.9 Å². The lowest BCUT2D eigenvalue weighted by atomic mass is 9.96. The molecule has 4 heteroatoms. The van der Waals surface area contributed by atoms with Crippen molar-refractivity contribution in [3.8, 4) is 0 Å². The van der Waals surface area contributed by atoms with Gasteiger partial charge >= 0.3 is 0 Å². The van der Waals surface area contributed by atoms with Crippen molar-refractivity contribution < 1.29 is 0 Å². The molecule has 3 rings (SSSR count). The summed E-state index contributed by atoms with van der Waals surface area (Å²) in [6.07, 6.45) is 10.4. The first-order valence-corrected chi connectivity index (χ1v) is 8.45. The molecule has 1 aliphatic carbocycles. The second-order valence-electron chi connectivity index (χ2n) is 5.70. The third kappa shape index (κ3) is 3.13. The number of aromatic nitrogens is 2. The molecule has 108 valence electrons. The summed E-state index contributed by atoms with van der Waals surface area (Å²) in [6.45, 7) is 1.00. The number of imidazole rings is 1. The monoisotopic (exact) mass is 289 g/mol. The predicted molar refractivity (Wildman–Crippen MR) is 83.9 cm³/mol. The summed E-state index contributed by atoms with van der Waals surface area (Å²) in [5.74, 6) is 1.98. The van der Waals surface area contributed by atoms with Crippen molar-refractivity contribution in [2.75, 3.05) is 6.54 Å². The Bertz CT molecular complexity index is 512. The lowest BCUT2D eigenvalue weighted by Gasteiger charge is -2.23. The second kappa shape index (κ2) is 6.55. The maximum atomic E-state index is 4.40. The summed E-state index contributed by atoms with van der Waals surface area (Å²) in [7, 11) is 2.07. The van der Waals surface area contributed by atoms with Crippen molar-refractivity contribution in [3.63, 3.8) is 0 Å². The van der Waals surface area contributed by atoms with Crippen LogP contribution in [0, 0.1) is 5.92 Å². The van der Waals surface area contributed by atoms with Crippen molar-refractivity contribution in [1.82, 2.24) is 14.9 Å². The van der Waals surface area contributed by atoms with Crippen molar-refractivity contribution in [2.45, 2.75) is 38.1 Å². The molecule has 0 aliphatic heterocycles. The van der Waals surface area contributed by atoms with Crippen LogP contribution in [0.3, 0.4) is 0 Å². The molecule has 1 aliphatic rings. The Hall–Kier alpha value is -1.13. The fourth-order valence-corrected chi connectivity index (χ4v) is 4.13. The van der Waals surface area contributed by atoms with Crippen LogP contribution in [0.25, 0.3) is 0 Å². The molecule has 2 heterocycles. The lowest BCUT2D eigenvalue weighted by molar-refractivity contribution is 0.373. The van der Waals surface area contributed by atoms with E-state index in [0.717, 1.165) is 24.7 Å². The van der Waals surface area contributed by atoms with Gasteiger partial charge in [0.05, 0.1) is 0 Å². The molecule has 0 aromatic carbocycles. The van der Waals surface area contributed by atoms with Crippen LogP contribution < -0.4 is 5.32 Å². The largest absolute Gasteiger partial charge is 0.338 e. The van der Waals surface area contributed by atoms with Crippen molar-refractivity contribution in [3.05, 3.63) is 40.6 Å². The summed E-state index contributed by atoms with van der Waals surface area (Å²) in [5, 5.41) is 5.98. The molecular formula is C16H23N3S. The van der Waals surface area contributed by atoms with Crippen molar-refractivity contribution >= 4 is 11.3 Å². The zero-order chi connectivity index (χ0) is 13.8. The van der Waals surface area contributed by atoms with E-state index < -0.39 is 0 Å². The Labute approximate surface area is 125 Å². The van der Waals surface area contributed by atoms with Crippen molar-refractivity contribution in [1.29, 1.82) is 0 Å². The van der Waals surface area contributed by atoms with Crippen LogP contribution in [0.1, 0.15) is 42.4 Å². The van der Waals surface area contributed by atoms with Crippen LogP contribution in [0.5, 0.6) is 0 Å². The van der Waals surface area contributed by atoms with E-state index in [1.165, 1.54) is 30.6 Å². The SMILES string of the molecule is Cn1ccnc1CCNC(c1cccs1)C1CCCC1. The van der Waals surface area contributed by atoms with Gasteiger partial charge in [0, 0.05) is 43.3 Å². The molecule has 1 N–H and O–H groups in total. The molecule has 1 fully saturated rings. The first-order chi connectivity index (χ1) is 9.84. The Kier molecular flexibility index (Phi) is 4.53. The molecule has 2 aromatic rings. The quantitative estimate of drug-likeness (QED) is 0.881. The summed E-state index contributed by atoms with van der Waals surface area (Å²) in [5.41, 5.74) is 0. The first-order valence-electron chi connectivity index (χ1n) is 7.57. The van der Waals surface area contributed by atoms with Gasteiger partial charge in [0.15, 0.2) is 0 Å². The molecule has 2 aromatic heterocycles. The van der Waals surface area contributed by atoms with E-state index in [1.54, 1.807) is 0 Å². The summed E-state index contributed by atoms with van der Waals surface area (Å²) in [4.78, 5) is 5.90. The highest BCUT2D eigenvalue weighted by Crippen LogP contribution is 2.37. The highest BCUT2D eigenvalue weighted by molar-refractivity contribution is 7.10. The highest BCUT2D eigenvalue weighted by Gasteiger charge is 2.26. The average Bonchev–Trinajstić information content (AvgIpc) is 3.18. The van der Waals surface area contributed by atoms with E-state index >= 15 is 0 Å². The van der Waals surface area contributed by atoms with Crippen LogP contribution in [-0.4, -0.2) is 16.1 Å². The van der Waals surface area contributed by atoms with E-state index in [2.05, 4.69) is 39.4 Å². The molecular weight excluding hydrogens is 266 g/mol. The molecule has 1 atom stereocenters. The Morgan fingerprint density at radius 3 is 2.95 bits per heavy atom. The van der Waals surface area contributed by atoms with Gasteiger partial charge in [-0.15, -0.1) is 11.3 Å². The third-order valence-corrected chi connectivity index (χ3v) is 5.31. The van der Waals surface area contributed by atoms with Crippen LogP contribution >= 0.6 is 11.3 Å². The maximum absolute atomic E-state index is 4.40. The van der Waals surface area contributed by atoms with Gasteiger partial charge in [-0.05, 0) is 30.2 Å². The summed E-state index contributed by atoms with van der Waals surface area (Å²) >= 11 is 1.89. The van der Waals surface area contributed by atoms with Crippen LogP contribution in [0.2, 0.25) is 0 Å². The summed E-state index contributed by atoms with van der Waals surface area (Å²) in [6, 6.07) is 4.99. The van der Waals surface area contributed by atoms with Gasteiger partial charge in [0.1, 0.15) is 5.82 Å². The van der Waals surface area contributed by atoms with E-state index in [9.17, 15) is 0 Å². The van der Waals surface area contributed by atoms with Crippen LogP contribution in [0.4, 0.5) is 0 Å². The average molecular weight is 289 g/mol. The second-order valence-corrected chi connectivity index (χ2v) is 6.68. The topological polar surface area (TPSA) is 29.9 Å². The zero-order valence-electron chi connectivity index (χ0n) is 12.1. The minimum atomic E-state index is 0.540. The highest BCUT2D eigenvalue weighted by atomic mass is 32.1. The Morgan fingerprint density at radius 2 is 2.30 bits per heavy atom. The number of nitrogens with one attached hydrogen (secondary N) is 1. The minimum absolute atomic E-state index is 0.540. The van der Waals surface area contributed by atoms with Gasteiger partial charge in [-0.3, -0.25) is 0 Å². The van der Waals surface area contributed by atoms with Gasteiger partial charge < -0.3 is 9.88 Å². The number of nitrogens with zero attached hydrogens (tertiary/aromatic N) is 2. The number of hydrogen-bond donors (Lipinski definition) is 1. The third-order valence-electron chi connectivity index (χ3n) is 4.35. The normalized spacial score (nSPS) is 17.6. The van der Waals surface area contributed by atoms with Gasteiger partial charge in [0.25, 0.3) is 0 Å². The Balaban J connectivity index is 1.60. The molecule has 0 radical (unpaired) electrons. The fourth-order valence-electron chi connectivity index (χ4n) is 3.24. The Morgan fingerprint density at radius 1 is 1.45 bits per heavy atom. The van der Waals surface area contributed by atoms with Gasteiger partial charge in [-0.2, -0.15) is 0 Å². The molecule has 0 bridgehead atoms. The van der Waals surface area contributed by atoms with Crippen LogP contribution in [-0.2, 0) is 13.5 Å². The zero-order valence-corrected chi connectivity index (χ0v) is 12.9. The van der Waals surface area contributed by atoms with E-state index in [4.69, 9.17) is 0 Å². The summed E-state index contributed by atoms with van der Waals surface area (Å²) < 4.78 is 2.11. The predicted octanol–water partition coefficient (Wildman–Crippen LogP) is 3.55. The smallest absolute Gasteiger partial charge is 0.109 e. The molecule has 0 amide bonds. The molecule has 1 saturated carbocycles. The number of aryl methyl sites for hydroxylation is 1. The van der Waals surface area contributed by atoms with Gasteiger partial charge in [0.2, 0.25) is 0 Å². The molecule has 0 spiro atoms. The maximum Gasteiger partial charge on any atom is 0.109 e. The molecule has 1 unspecified atom stereocenters. The van der Waals surface area contributed by atoms with Crippen molar-refractivity contribution in [2.24, 2.45) is 13.0 Å². The standard InChI is InChI=1S/C16H23N3S/c1-19-11-10-17-15(19)8-9-18-16(13-5-2-3-6-13)14-7-4-12-20-14/h4,7,10-13,16,18H,2-3,5-6,8-9H2,1H3. The van der Waals surface area contributed by atoms with E-state index in [0.29, 0.717) is 6.04 Å². The van der Waals surface area contributed by atoms with E-state index in [1.807, 2.05) is 23.7 Å². The minimum Gasteiger partial charge on any atom is -0.338 e. The van der Waals surface area contributed by atoms with E-state index in [-0.39, 0.29) is 0 Å². The van der Waals surface area contributed by atoms with Gasteiger partial charge in [-0.25, -0.2) is 4.98 Å². The number of rotatable bonds is 6. The number of thiophene rings is 1. The van der Waals surface area contributed by atoms with Gasteiger partial charge in [-0.1, -0.05) is 18.9 Å². The fraction of sp³-hybridized carbons (Fsp3) is 0.562. The lowest BCUT2D eigenvalue weighted by Crippen LogP contribution is -2.28.